The average Bonchev–Trinajstić information content (AvgIpc) is 2.61. The summed E-state index contributed by atoms with van der Waals surface area (Å²) < 4.78 is 10.7. The van der Waals surface area contributed by atoms with Crippen LogP contribution in [0.15, 0.2) is 4.99 Å². The normalized spacial score (nSPS) is 19.7. The Kier molecular flexibility index (Phi) is 4.93. The van der Waals surface area contributed by atoms with Crippen molar-refractivity contribution in [3.63, 3.8) is 0 Å². The Hall–Kier alpha value is -2.04. The first-order valence-electron chi connectivity index (χ1n) is 7.20. The van der Waals surface area contributed by atoms with Gasteiger partial charge in [-0.25, -0.2) is 0 Å². The summed E-state index contributed by atoms with van der Waals surface area (Å²) in [7, 11) is 0. The number of aromatic nitrogens is 3. The third-order valence-corrected chi connectivity index (χ3v) is 3.43. The standard InChI is InChI=1S/C12H19N7O3/c20-14-9-13-10-15-11(18-1-5-21-6-2-18)17-12(16-10)19-3-7-22-8-4-19/h9,20H,1-8H2,(H,13,14,15,16,17). The van der Waals surface area contributed by atoms with Gasteiger partial charge in [-0.05, 0) is 0 Å². The first-order valence-corrected chi connectivity index (χ1v) is 7.20. The van der Waals surface area contributed by atoms with Crippen molar-refractivity contribution in [2.75, 3.05) is 62.4 Å². The van der Waals surface area contributed by atoms with Gasteiger partial charge in [0.1, 0.15) is 6.34 Å². The molecule has 3 heterocycles. The molecule has 2 fully saturated rings. The zero-order valence-corrected chi connectivity index (χ0v) is 12.2. The molecule has 0 saturated carbocycles. The number of hydroxylamine groups is 1. The highest BCUT2D eigenvalue weighted by atomic mass is 16.5. The number of hydrogen-bond donors (Lipinski definition) is 2. The lowest BCUT2D eigenvalue weighted by atomic mass is 10.4. The minimum Gasteiger partial charge on any atom is -0.378 e. The maximum atomic E-state index is 8.64. The quantitative estimate of drug-likeness (QED) is 0.419. The van der Waals surface area contributed by atoms with Crippen LogP contribution in [0.5, 0.6) is 0 Å². The molecule has 120 valence electrons. The van der Waals surface area contributed by atoms with Gasteiger partial charge in [0.2, 0.25) is 11.9 Å². The van der Waals surface area contributed by atoms with Gasteiger partial charge in [-0.15, -0.1) is 0 Å². The first kappa shape index (κ1) is 14.9. The van der Waals surface area contributed by atoms with E-state index in [1.54, 1.807) is 0 Å². The number of hydrogen-bond acceptors (Lipinski definition) is 9. The van der Waals surface area contributed by atoms with Crippen LogP contribution >= 0.6 is 0 Å². The summed E-state index contributed by atoms with van der Waals surface area (Å²) >= 11 is 0. The Morgan fingerprint density at radius 1 is 0.909 bits per heavy atom. The van der Waals surface area contributed by atoms with Crippen molar-refractivity contribution in [1.82, 2.24) is 20.4 Å². The fourth-order valence-corrected chi connectivity index (χ4v) is 2.30. The average molecular weight is 309 g/mol. The molecule has 1 aromatic heterocycles. The van der Waals surface area contributed by atoms with Gasteiger partial charge >= 0.3 is 0 Å². The van der Waals surface area contributed by atoms with E-state index in [0.29, 0.717) is 38.3 Å². The number of nitrogens with one attached hydrogen (secondary N) is 1. The lowest BCUT2D eigenvalue weighted by Crippen LogP contribution is -2.39. The second kappa shape index (κ2) is 7.29. The molecule has 0 unspecified atom stereocenters. The molecule has 0 bridgehead atoms. The molecule has 2 aliphatic rings. The maximum absolute atomic E-state index is 8.64. The minimum absolute atomic E-state index is 0.250. The molecule has 0 radical (unpaired) electrons. The molecule has 0 spiro atoms. The van der Waals surface area contributed by atoms with E-state index in [1.165, 1.54) is 0 Å². The summed E-state index contributed by atoms with van der Waals surface area (Å²) in [6.45, 7) is 5.51. The zero-order valence-electron chi connectivity index (χ0n) is 12.2. The Morgan fingerprint density at radius 2 is 1.41 bits per heavy atom. The Bertz CT molecular complexity index is 479. The molecule has 0 aliphatic carbocycles. The van der Waals surface area contributed by atoms with Crippen molar-refractivity contribution in [2.24, 2.45) is 4.99 Å². The number of morpholine rings is 2. The molecule has 10 heteroatoms. The minimum atomic E-state index is 0.250. The van der Waals surface area contributed by atoms with Gasteiger partial charge in [0.15, 0.2) is 0 Å². The van der Waals surface area contributed by atoms with Crippen LogP contribution < -0.4 is 15.3 Å². The van der Waals surface area contributed by atoms with E-state index in [-0.39, 0.29) is 5.95 Å². The number of anilines is 2. The zero-order chi connectivity index (χ0) is 15.2. The highest BCUT2D eigenvalue weighted by molar-refractivity contribution is 5.57. The van der Waals surface area contributed by atoms with Gasteiger partial charge in [0.05, 0.1) is 26.4 Å². The van der Waals surface area contributed by atoms with Gasteiger partial charge in [-0.2, -0.15) is 19.9 Å². The van der Waals surface area contributed by atoms with E-state index in [0.717, 1.165) is 32.5 Å². The Balaban J connectivity index is 1.88. The second-order valence-corrected chi connectivity index (χ2v) is 4.82. The van der Waals surface area contributed by atoms with Gasteiger partial charge < -0.3 is 19.3 Å². The topological polar surface area (TPSA) is 108 Å². The van der Waals surface area contributed by atoms with Crippen molar-refractivity contribution in [2.45, 2.75) is 0 Å². The van der Waals surface area contributed by atoms with Gasteiger partial charge in [-0.1, -0.05) is 0 Å². The van der Waals surface area contributed by atoms with Gasteiger partial charge in [-0.3, -0.25) is 10.7 Å². The molecular weight excluding hydrogens is 290 g/mol. The van der Waals surface area contributed by atoms with Crippen molar-refractivity contribution in [3.05, 3.63) is 0 Å². The fraction of sp³-hybridized carbons (Fsp3) is 0.667. The highest BCUT2D eigenvalue weighted by Gasteiger charge is 2.20. The van der Waals surface area contributed by atoms with Crippen molar-refractivity contribution in [3.8, 4) is 0 Å². The molecule has 0 aromatic carbocycles. The van der Waals surface area contributed by atoms with Crippen LogP contribution in [0.2, 0.25) is 0 Å². The van der Waals surface area contributed by atoms with E-state index < -0.39 is 0 Å². The van der Waals surface area contributed by atoms with Crippen molar-refractivity contribution >= 4 is 24.2 Å². The van der Waals surface area contributed by atoms with E-state index in [2.05, 4.69) is 19.9 Å². The van der Waals surface area contributed by atoms with Gasteiger partial charge in [0.25, 0.3) is 5.95 Å². The second-order valence-electron chi connectivity index (χ2n) is 4.82. The fourth-order valence-electron chi connectivity index (χ4n) is 2.30. The smallest absolute Gasteiger partial charge is 0.257 e. The number of nitrogens with zero attached hydrogens (tertiary/aromatic N) is 6. The maximum Gasteiger partial charge on any atom is 0.257 e. The summed E-state index contributed by atoms with van der Waals surface area (Å²) in [5.74, 6) is 1.40. The van der Waals surface area contributed by atoms with Crippen LogP contribution in [-0.4, -0.2) is 79.1 Å². The molecule has 0 atom stereocenters. The predicted octanol–water partition coefficient (Wildman–Crippen LogP) is -0.817. The van der Waals surface area contributed by atoms with E-state index >= 15 is 0 Å². The third-order valence-electron chi connectivity index (χ3n) is 3.43. The van der Waals surface area contributed by atoms with E-state index in [9.17, 15) is 0 Å². The highest BCUT2D eigenvalue weighted by Crippen LogP contribution is 2.19. The molecule has 3 rings (SSSR count). The van der Waals surface area contributed by atoms with Crippen LogP contribution in [0.1, 0.15) is 0 Å². The molecule has 2 aliphatic heterocycles. The number of aliphatic imine (C=N–C) groups is 1. The van der Waals surface area contributed by atoms with Crippen LogP contribution in [0.4, 0.5) is 17.8 Å². The lowest BCUT2D eigenvalue weighted by Gasteiger charge is -2.29. The largest absolute Gasteiger partial charge is 0.378 e. The third kappa shape index (κ3) is 3.59. The summed E-state index contributed by atoms with van der Waals surface area (Å²) in [6.07, 6.45) is 1.13. The molecule has 2 saturated heterocycles. The monoisotopic (exact) mass is 309 g/mol. The molecule has 1 aromatic rings. The Morgan fingerprint density at radius 3 is 1.86 bits per heavy atom. The SMILES string of the molecule is ON/C=N/c1nc(N2CCOCC2)nc(N2CCOCC2)n1. The van der Waals surface area contributed by atoms with Crippen LogP contribution in [0.25, 0.3) is 0 Å². The lowest BCUT2D eigenvalue weighted by molar-refractivity contribution is 0.121. The first-order chi connectivity index (χ1) is 10.9. The molecule has 22 heavy (non-hydrogen) atoms. The molecule has 10 nitrogen and oxygen atoms in total. The molecule has 2 N–H and O–H groups in total. The summed E-state index contributed by atoms with van der Waals surface area (Å²) in [6, 6.07) is 0. The van der Waals surface area contributed by atoms with E-state index in [4.69, 9.17) is 14.7 Å². The summed E-state index contributed by atoms with van der Waals surface area (Å²) in [5, 5.41) is 8.64. The van der Waals surface area contributed by atoms with Crippen LogP contribution in [-0.2, 0) is 9.47 Å². The number of ether oxygens (including phenoxy) is 2. The summed E-state index contributed by atoms with van der Waals surface area (Å²) in [5.41, 5.74) is 1.85. The van der Waals surface area contributed by atoms with Crippen LogP contribution in [0, 0.1) is 0 Å². The van der Waals surface area contributed by atoms with Crippen molar-refractivity contribution < 1.29 is 14.7 Å². The number of rotatable bonds is 4. The van der Waals surface area contributed by atoms with Crippen LogP contribution in [0.3, 0.4) is 0 Å². The van der Waals surface area contributed by atoms with Gasteiger partial charge in [0, 0.05) is 26.2 Å². The van der Waals surface area contributed by atoms with E-state index in [1.807, 2.05) is 15.3 Å². The predicted molar refractivity (Wildman–Crippen MR) is 79.0 cm³/mol. The molecule has 0 amide bonds. The van der Waals surface area contributed by atoms with Crippen molar-refractivity contribution in [1.29, 1.82) is 0 Å². The summed E-state index contributed by atoms with van der Waals surface area (Å²) in [4.78, 5) is 21.3. The Labute approximate surface area is 127 Å². The molecular formula is C12H19N7O3.